The molecule has 8 nitrogen and oxygen atoms in total. The Balaban J connectivity index is 1.35. The molecule has 2 aliphatic rings. The van der Waals surface area contributed by atoms with E-state index in [4.69, 9.17) is 0 Å². The highest BCUT2D eigenvalue weighted by Crippen LogP contribution is 2.34. The van der Waals surface area contributed by atoms with Crippen molar-refractivity contribution in [3.63, 3.8) is 0 Å². The van der Waals surface area contributed by atoms with Crippen LogP contribution in [-0.4, -0.2) is 82.0 Å². The molecule has 4 heterocycles. The van der Waals surface area contributed by atoms with E-state index in [-0.39, 0.29) is 24.7 Å². The van der Waals surface area contributed by atoms with Gasteiger partial charge in [-0.15, -0.1) is 0 Å². The Bertz CT molecular complexity index is 1040. The lowest BCUT2D eigenvalue weighted by Crippen LogP contribution is -2.64. The summed E-state index contributed by atoms with van der Waals surface area (Å²) in [6.45, 7) is 10.1. The van der Waals surface area contributed by atoms with Crippen molar-refractivity contribution < 1.29 is 13.2 Å². The molecule has 0 spiro atoms. The maximum absolute atomic E-state index is 13.1. The quantitative estimate of drug-likeness (QED) is 0.780. The monoisotopic (exact) mass is 447 g/mol. The van der Waals surface area contributed by atoms with Crippen LogP contribution in [0, 0.1) is 0 Å². The first-order valence-electron chi connectivity index (χ1n) is 11.1. The number of likely N-dealkylation sites (tertiary alicyclic amines) is 1. The van der Waals surface area contributed by atoms with E-state index < -0.39 is 15.3 Å². The SMILES string of the molecule is CCN(C(=O)N1CC(S(=O)(=O)N2CCC(c3c[nH]c4ncccc34)CC2)C1)C(C)(C)C. The number of H-pyrrole nitrogens is 1. The van der Waals surface area contributed by atoms with Crippen LogP contribution in [0.5, 0.6) is 0 Å². The highest BCUT2D eigenvalue weighted by atomic mass is 32.2. The van der Waals surface area contributed by atoms with Gasteiger partial charge in [0.05, 0.1) is 0 Å². The number of rotatable bonds is 4. The summed E-state index contributed by atoms with van der Waals surface area (Å²) in [7, 11) is -3.39. The molecule has 9 heteroatoms. The molecule has 2 aromatic rings. The molecule has 0 aliphatic carbocycles. The van der Waals surface area contributed by atoms with Crippen molar-refractivity contribution in [1.29, 1.82) is 0 Å². The molecule has 2 amide bonds. The highest BCUT2D eigenvalue weighted by Gasteiger charge is 2.45. The smallest absolute Gasteiger partial charge is 0.320 e. The third kappa shape index (κ3) is 4.05. The molecule has 2 aliphatic heterocycles. The van der Waals surface area contributed by atoms with Crippen LogP contribution in [0.2, 0.25) is 0 Å². The molecule has 170 valence electrons. The number of carbonyl (C=O) groups excluding carboxylic acids is 1. The summed E-state index contributed by atoms with van der Waals surface area (Å²) < 4.78 is 27.9. The lowest BCUT2D eigenvalue weighted by molar-refractivity contribution is 0.0934. The molecule has 2 fully saturated rings. The number of amides is 2. The second-order valence-electron chi connectivity index (χ2n) is 9.59. The molecule has 0 unspecified atom stereocenters. The second kappa shape index (κ2) is 8.09. The van der Waals surface area contributed by atoms with Gasteiger partial charge in [0.15, 0.2) is 0 Å². The molecular formula is C22H33N5O3S. The van der Waals surface area contributed by atoms with E-state index in [1.165, 1.54) is 5.56 Å². The highest BCUT2D eigenvalue weighted by molar-refractivity contribution is 7.89. The van der Waals surface area contributed by atoms with Gasteiger partial charge in [-0.2, -0.15) is 0 Å². The summed E-state index contributed by atoms with van der Waals surface area (Å²) in [5, 5.41) is 0.625. The first-order valence-corrected chi connectivity index (χ1v) is 12.6. The Labute approximate surface area is 184 Å². The lowest BCUT2D eigenvalue weighted by Gasteiger charge is -2.46. The summed E-state index contributed by atoms with van der Waals surface area (Å²) in [6, 6.07) is 3.92. The Kier molecular flexibility index (Phi) is 5.76. The van der Waals surface area contributed by atoms with Gasteiger partial charge in [-0.05, 0) is 64.2 Å². The maximum atomic E-state index is 13.1. The van der Waals surface area contributed by atoms with Crippen LogP contribution in [-0.2, 0) is 10.0 Å². The Hall–Kier alpha value is -2.13. The second-order valence-corrected chi connectivity index (χ2v) is 11.8. The number of aromatic amines is 1. The minimum Gasteiger partial charge on any atom is -0.346 e. The van der Waals surface area contributed by atoms with Crippen LogP contribution in [0.4, 0.5) is 4.79 Å². The summed E-state index contributed by atoms with van der Waals surface area (Å²) in [5.74, 6) is 0.328. The van der Waals surface area contributed by atoms with E-state index in [1.54, 1.807) is 20.3 Å². The summed E-state index contributed by atoms with van der Waals surface area (Å²) >= 11 is 0. The Morgan fingerprint density at radius 3 is 2.55 bits per heavy atom. The van der Waals surface area contributed by atoms with E-state index in [1.807, 2.05) is 40.0 Å². The van der Waals surface area contributed by atoms with Crippen molar-refractivity contribution >= 4 is 27.1 Å². The number of hydrogen-bond donors (Lipinski definition) is 1. The van der Waals surface area contributed by atoms with Crippen molar-refractivity contribution in [2.24, 2.45) is 0 Å². The first-order chi connectivity index (χ1) is 14.6. The Morgan fingerprint density at radius 1 is 1.26 bits per heavy atom. The van der Waals surface area contributed by atoms with E-state index in [0.717, 1.165) is 23.9 Å². The van der Waals surface area contributed by atoms with Gasteiger partial charge in [0, 0.05) is 56.0 Å². The number of carbonyl (C=O) groups is 1. The van der Waals surface area contributed by atoms with Crippen molar-refractivity contribution in [2.45, 2.75) is 57.2 Å². The van der Waals surface area contributed by atoms with Crippen LogP contribution >= 0.6 is 0 Å². The third-order valence-corrected chi connectivity index (χ3v) is 8.86. The normalized spacial score (nSPS) is 19.5. The number of nitrogens with zero attached hydrogens (tertiary/aromatic N) is 4. The summed E-state index contributed by atoms with van der Waals surface area (Å²) in [4.78, 5) is 23.8. The van der Waals surface area contributed by atoms with Gasteiger partial charge in [-0.25, -0.2) is 22.5 Å². The Morgan fingerprint density at radius 2 is 1.94 bits per heavy atom. The van der Waals surface area contributed by atoms with Gasteiger partial charge < -0.3 is 14.8 Å². The predicted octanol–water partition coefficient (Wildman–Crippen LogP) is 3.00. The van der Waals surface area contributed by atoms with Crippen LogP contribution < -0.4 is 0 Å². The number of piperidine rings is 1. The zero-order chi connectivity index (χ0) is 22.4. The standard InChI is InChI=1S/C22H33N5O3S/c1-5-27(22(2,3)4)21(28)25-14-17(15-25)31(29,30)26-11-8-16(9-12-26)19-13-24-20-18(19)7-6-10-23-20/h6-7,10,13,16-17H,5,8-9,11-12,14-15H2,1-4H3,(H,23,24). The molecule has 0 atom stereocenters. The average molecular weight is 448 g/mol. The van der Waals surface area contributed by atoms with Crippen LogP contribution in [0.1, 0.15) is 52.0 Å². The van der Waals surface area contributed by atoms with E-state index in [2.05, 4.69) is 16.0 Å². The van der Waals surface area contributed by atoms with E-state index in [9.17, 15) is 13.2 Å². The molecule has 0 saturated carbocycles. The third-order valence-electron chi connectivity index (χ3n) is 6.63. The zero-order valence-electron chi connectivity index (χ0n) is 18.8. The molecule has 2 aromatic heterocycles. The molecule has 0 aromatic carbocycles. The van der Waals surface area contributed by atoms with Crippen LogP contribution in [0.25, 0.3) is 11.0 Å². The van der Waals surface area contributed by atoms with Crippen molar-refractivity contribution in [3.05, 3.63) is 30.1 Å². The average Bonchev–Trinajstić information content (AvgIpc) is 3.10. The van der Waals surface area contributed by atoms with Crippen LogP contribution in [0.15, 0.2) is 24.5 Å². The number of sulfonamides is 1. The lowest BCUT2D eigenvalue weighted by atomic mass is 9.90. The largest absolute Gasteiger partial charge is 0.346 e. The number of fused-ring (bicyclic) bond motifs is 1. The topological polar surface area (TPSA) is 89.6 Å². The van der Waals surface area contributed by atoms with Gasteiger partial charge in [-0.1, -0.05) is 0 Å². The van der Waals surface area contributed by atoms with Gasteiger partial charge in [0.2, 0.25) is 10.0 Å². The summed E-state index contributed by atoms with van der Waals surface area (Å²) in [6.07, 6.45) is 5.37. The number of pyridine rings is 1. The van der Waals surface area contributed by atoms with Gasteiger partial charge in [0.1, 0.15) is 10.9 Å². The minimum absolute atomic E-state index is 0.0758. The molecule has 0 bridgehead atoms. The fraction of sp³-hybridized carbons (Fsp3) is 0.636. The van der Waals surface area contributed by atoms with Crippen molar-refractivity contribution in [1.82, 2.24) is 24.1 Å². The molecule has 31 heavy (non-hydrogen) atoms. The summed E-state index contributed by atoms with van der Waals surface area (Å²) in [5.41, 5.74) is 1.82. The molecule has 2 saturated heterocycles. The number of urea groups is 1. The van der Waals surface area contributed by atoms with Gasteiger partial charge >= 0.3 is 6.03 Å². The van der Waals surface area contributed by atoms with Gasteiger partial charge in [0.25, 0.3) is 0 Å². The fourth-order valence-corrected chi connectivity index (χ4v) is 6.68. The van der Waals surface area contributed by atoms with Crippen LogP contribution in [0.3, 0.4) is 0 Å². The van der Waals surface area contributed by atoms with Crippen molar-refractivity contribution in [2.75, 3.05) is 32.7 Å². The van der Waals surface area contributed by atoms with Gasteiger partial charge in [-0.3, -0.25) is 0 Å². The number of hydrogen-bond acceptors (Lipinski definition) is 4. The fourth-order valence-electron chi connectivity index (χ4n) is 4.80. The number of aromatic nitrogens is 2. The number of nitrogens with one attached hydrogen (secondary N) is 1. The maximum Gasteiger partial charge on any atom is 0.320 e. The molecule has 4 rings (SSSR count). The predicted molar refractivity (Wildman–Crippen MR) is 121 cm³/mol. The minimum atomic E-state index is -3.39. The van der Waals surface area contributed by atoms with E-state index >= 15 is 0 Å². The van der Waals surface area contributed by atoms with E-state index in [0.29, 0.717) is 25.6 Å². The zero-order valence-corrected chi connectivity index (χ0v) is 19.7. The van der Waals surface area contributed by atoms with Crippen molar-refractivity contribution in [3.8, 4) is 0 Å². The molecule has 0 radical (unpaired) electrons. The molecule has 1 N–H and O–H groups in total. The molecular weight excluding hydrogens is 414 g/mol. The first kappa shape index (κ1) is 22.1.